The molecule has 96 valence electrons. The average molecular weight is 344 g/mol. The van der Waals surface area contributed by atoms with Gasteiger partial charge in [-0.1, -0.05) is 82.3 Å². The van der Waals surface area contributed by atoms with Crippen LogP contribution in [0.5, 0.6) is 5.75 Å². The molecule has 6 heteroatoms. The lowest BCUT2D eigenvalue weighted by Crippen LogP contribution is -2.28. The van der Waals surface area contributed by atoms with Crippen LogP contribution in [0.25, 0.3) is 10.8 Å². The molecule has 0 radical (unpaired) electrons. The number of benzene rings is 2. The molecular formula is C12H7Cl5O. The zero-order valence-electron chi connectivity index (χ0n) is 8.80. The topological polar surface area (TPSA) is 20.2 Å². The van der Waals surface area contributed by atoms with Crippen LogP contribution in [0.15, 0.2) is 36.4 Å². The van der Waals surface area contributed by atoms with Gasteiger partial charge in [0.15, 0.2) is 4.33 Å². The minimum atomic E-state index is -1.86. The highest BCUT2D eigenvalue weighted by Gasteiger charge is 2.47. The maximum atomic E-state index is 9.68. The summed E-state index contributed by atoms with van der Waals surface area (Å²) >= 11 is 29.4. The fourth-order valence-corrected chi connectivity index (χ4v) is 2.19. The van der Waals surface area contributed by atoms with E-state index in [9.17, 15) is 5.11 Å². The molecule has 18 heavy (non-hydrogen) atoms. The van der Waals surface area contributed by atoms with Crippen molar-refractivity contribution in [3.63, 3.8) is 0 Å². The third kappa shape index (κ3) is 2.48. The number of alkyl halides is 5. The third-order valence-corrected chi connectivity index (χ3v) is 5.01. The quantitative estimate of drug-likeness (QED) is 0.673. The number of phenols is 1. The number of aromatic hydroxyl groups is 1. The number of phenolic OH excluding ortho intramolecular Hbond substituents is 1. The Kier molecular flexibility index (Phi) is 3.84. The van der Waals surface area contributed by atoms with E-state index in [4.69, 9.17) is 58.0 Å². The molecule has 0 aliphatic heterocycles. The van der Waals surface area contributed by atoms with Crippen LogP contribution in [-0.4, -0.2) is 8.90 Å². The molecule has 2 aromatic carbocycles. The molecule has 0 bridgehead atoms. The van der Waals surface area contributed by atoms with Gasteiger partial charge in [0.05, 0.1) is 0 Å². The highest BCUT2D eigenvalue weighted by atomic mass is 35.6. The summed E-state index contributed by atoms with van der Waals surface area (Å²) in [6, 6.07) is 10.1. The van der Waals surface area contributed by atoms with E-state index in [1.165, 1.54) is 0 Å². The zero-order chi connectivity index (χ0) is 13.6. The van der Waals surface area contributed by atoms with Crippen LogP contribution in [0.1, 0.15) is 5.56 Å². The number of rotatable bonds is 1. The molecule has 0 saturated carbocycles. The highest BCUT2D eigenvalue weighted by molar-refractivity contribution is 6.75. The van der Waals surface area contributed by atoms with Gasteiger partial charge in [-0.2, -0.15) is 0 Å². The van der Waals surface area contributed by atoms with Crippen LogP contribution in [0.2, 0.25) is 0 Å². The van der Waals surface area contributed by atoms with E-state index < -0.39 is 8.13 Å². The second-order valence-corrected chi connectivity index (χ2v) is 7.39. The van der Waals surface area contributed by atoms with Crippen molar-refractivity contribution < 1.29 is 5.11 Å². The summed E-state index contributed by atoms with van der Waals surface area (Å²) < 4.78 is -3.53. The first kappa shape index (κ1) is 14.4. The first-order valence-corrected chi connectivity index (χ1v) is 6.79. The summed E-state index contributed by atoms with van der Waals surface area (Å²) in [6.45, 7) is 0. The van der Waals surface area contributed by atoms with Crippen LogP contribution in [-0.2, 0) is 4.33 Å². The van der Waals surface area contributed by atoms with Gasteiger partial charge in [-0.15, -0.1) is 0 Å². The largest absolute Gasteiger partial charge is 0.507 e. The lowest BCUT2D eigenvalue weighted by atomic mass is 10.0. The van der Waals surface area contributed by atoms with Crippen molar-refractivity contribution in [1.29, 1.82) is 0 Å². The molecule has 1 N–H and O–H groups in total. The molecule has 0 fully saturated rings. The summed E-state index contributed by atoms with van der Waals surface area (Å²) in [7, 11) is 0. The first-order valence-electron chi connectivity index (χ1n) is 4.90. The van der Waals surface area contributed by atoms with Crippen molar-refractivity contribution in [3.8, 4) is 5.75 Å². The Morgan fingerprint density at radius 2 is 1.56 bits per heavy atom. The third-order valence-electron chi connectivity index (χ3n) is 2.58. The standard InChI is InChI=1S/C12H7Cl5O/c13-11(14,12(15,16)17)8-4-5-9-7(6-8)2-1-3-10(9)18/h1-6,18H. The van der Waals surface area contributed by atoms with Gasteiger partial charge in [-0.3, -0.25) is 0 Å². The molecule has 0 heterocycles. The second-order valence-electron chi connectivity index (χ2n) is 3.79. The number of halogens is 5. The molecule has 0 spiro atoms. The Bertz CT molecular complexity index is 589. The summed E-state index contributed by atoms with van der Waals surface area (Å²) in [5.41, 5.74) is 0.448. The van der Waals surface area contributed by atoms with E-state index >= 15 is 0 Å². The van der Waals surface area contributed by atoms with Crippen molar-refractivity contribution in [3.05, 3.63) is 42.0 Å². The first-order chi connectivity index (χ1) is 8.23. The van der Waals surface area contributed by atoms with Crippen LogP contribution in [0, 0.1) is 0 Å². The van der Waals surface area contributed by atoms with Crippen molar-refractivity contribution in [2.45, 2.75) is 8.13 Å². The number of hydrogen-bond donors (Lipinski definition) is 1. The molecule has 0 aromatic heterocycles. The molecule has 0 aliphatic carbocycles. The SMILES string of the molecule is Oc1cccc2cc(C(Cl)(Cl)C(Cl)(Cl)Cl)ccc12. The van der Waals surface area contributed by atoms with Gasteiger partial charge in [0, 0.05) is 5.39 Å². The van der Waals surface area contributed by atoms with Crippen LogP contribution in [0.4, 0.5) is 0 Å². The fraction of sp³-hybridized carbons (Fsp3) is 0.167. The highest BCUT2D eigenvalue weighted by Crippen LogP contribution is 2.53. The molecule has 0 amide bonds. The summed E-state index contributed by atoms with van der Waals surface area (Å²) in [5, 5.41) is 11.1. The van der Waals surface area contributed by atoms with Gasteiger partial charge >= 0.3 is 0 Å². The van der Waals surface area contributed by atoms with Crippen molar-refractivity contribution in [2.24, 2.45) is 0 Å². The predicted molar refractivity (Wildman–Crippen MR) is 79.3 cm³/mol. The molecule has 1 nitrogen and oxygen atoms in total. The van der Waals surface area contributed by atoms with Gasteiger partial charge in [0.2, 0.25) is 3.79 Å². The van der Waals surface area contributed by atoms with E-state index in [0.717, 1.165) is 5.39 Å². The average Bonchev–Trinajstić information content (AvgIpc) is 2.27. The van der Waals surface area contributed by atoms with E-state index in [1.54, 1.807) is 36.4 Å². The minimum Gasteiger partial charge on any atom is -0.507 e. The molecule has 0 saturated heterocycles. The van der Waals surface area contributed by atoms with E-state index in [2.05, 4.69) is 0 Å². The van der Waals surface area contributed by atoms with Crippen molar-refractivity contribution in [2.75, 3.05) is 0 Å². The van der Waals surface area contributed by atoms with Gasteiger partial charge in [0.1, 0.15) is 5.75 Å². The molecule has 0 unspecified atom stereocenters. The minimum absolute atomic E-state index is 0.169. The maximum Gasteiger partial charge on any atom is 0.227 e. The van der Waals surface area contributed by atoms with E-state index in [-0.39, 0.29) is 5.75 Å². The van der Waals surface area contributed by atoms with Gasteiger partial charge < -0.3 is 5.11 Å². The summed E-state index contributed by atoms with van der Waals surface area (Å²) in [5.74, 6) is 0.169. The summed E-state index contributed by atoms with van der Waals surface area (Å²) in [4.78, 5) is 0. The zero-order valence-corrected chi connectivity index (χ0v) is 12.6. The molecular weight excluding hydrogens is 337 g/mol. The van der Waals surface area contributed by atoms with Gasteiger partial charge in [-0.25, -0.2) is 0 Å². The van der Waals surface area contributed by atoms with Crippen molar-refractivity contribution >= 4 is 68.8 Å². The maximum absolute atomic E-state index is 9.68. The molecule has 2 aromatic rings. The Hall–Kier alpha value is -0.0500. The molecule has 0 atom stereocenters. The predicted octanol–water partition coefficient (Wildman–Crippen LogP) is 5.55. The lowest BCUT2D eigenvalue weighted by Gasteiger charge is -2.27. The Morgan fingerprint density at radius 1 is 0.889 bits per heavy atom. The Balaban J connectivity index is 2.62. The normalized spacial score (nSPS) is 12.9. The van der Waals surface area contributed by atoms with Crippen molar-refractivity contribution in [1.82, 2.24) is 0 Å². The van der Waals surface area contributed by atoms with Crippen LogP contribution < -0.4 is 0 Å². The molecule has 2 rings (SSSR count). The van der Waals surface area contributed by atoms with Gasteiger partial charge in [0.25, 0.3) is 0 Å². The number of hydrogen-bond acceptors (Lipinski definition) is 1. The molecule has 0 aliphatic rings. The monoisotopic (exact) mass is 342 g/mol. The number of fused-ring (bicyclic) bond motifs is 1. The van der Waals surface area contributed by atoms with E-state index in [0.29, 0.717) is 10.9 Å². The van der Waals surface area contributed by atoms with Gasteiger partial charge in [-0.05, 0) is 23.1 Å². The lowest BCUT2D eigenvalue weighted by molar-refractivity contribution is 0.481. The van der Waals surface area contributed by atoms with Crippen LogP contribution in [0.3, 0.4) is 0 Å². The summed E-state index contributed by atoms with van der Waals surface area (Å²) in [6.07, 6.45) is 0. The van der Waals surface area contributed by atoms with E-state index in [1.807, 2.05) is 0 Å². The fourth-order valence-electron chi connectivity index (χ4n) is 1.63. The smallest absolute Gasteiger partial charge is 0.227 e. The Labute approximate surface area is 129 Å². The van der Waals surface area contributed by atoms with Crippen LogP contribution >= 0.6 is 58.0 Å². The second kappa shape index (κ2) is 4.81. The Morgan fingerprint density at radius 3 is 2.17 bits per heavy atom.